The van der Waals surface area contributed by atoms with Gasteiger partial charge in [-0.1, -0.05) is 31.1 Å². The van der Waals surface area contributed by atoms with Crippen molar-refractivity contribution in [2.75, 3.05) is 13.1 Å². The van der Waals surface area contributed by atoms with Gasteiger partial charge in [-0.15, -0.1) is 0 Å². The smallest absolute Gasteiger partial charge is 0.243 e. The molecule has 6 nitrogen and oxygen atoms in total. The first-order chi connectivity index (χ1) is 12.1. The van der Waals surface area contributed by atoms with Gasteiger partial charge in [-0.2, -0.15) is 4.98 Å². The van der Waals surface area contributed by atoms with Crippen molar-refractivity contribution in [3.63, 3.8) is 0 Å². The fourth-order valence-corrected chi connectivity index (χ4v) is 3.64. The Bertz CT molecular complexity index is 852. The van der Waals surface area contributed by atoms with Gasteiger partial charge in [-0.05, 0) is 38.4 Å². The van der Waals surface area contributed by atoms with Crippen LogP contribution in [-0.4, -0.2) is 37.7 Å². The Morgan fingerprint density at radius 1 is 1.20 bits per heavy atom. The minimum atomic E-state index is 0.137. The number of aromatic nitrogens is 4. The quantitative estimate of drug-likeness (QED) is 0.720. The maximum Gasteiger partial charge on any atom is 0.243 e. The van der Waals surface area contributed by atoms with E-state index in [4.69, 9.17) is 4.52 Å². The van der Waals surface area contributed by atoms with Gasteiger partial charge in [0.25, 0.3) is 0 Å². The zero-order valence-electron chi connectivity index (χ0n) is 15.1. The van der Waals surface area contributed by atoms with Gasteiger partial charge >= 0.3 is 0 Å². The van der Waals surface area contributed by atoms with E-state index in [0.717, 1.165) is 36.7 Å². The highest BCUT2D eigenvalue weighted by Gasteiger charge is 2.29. The van der Waals surface area contributed by atoms with Crippen molar-refractivity contribution in [1.82, 2.24) is 24.6 Å². The SMILES string of the molecule is CC(C)c1noc([C@H](C)N2CCC[C@@H](n3cnc4ccccc43)C2)n1. The first-order valence-electron chi connectivity index (χ1n) is 9.12. The lowest BCUT2D eigenvalue weighted by molar-refractivity contribution is 0.115. The Morgan fingerprint density at radius 3 is 2.84 bits per heavy atom. The molecule has 0 spiro atoms. The van der Waals surface area contributed by atoms with Crippen LogP contribution in [-0.2, 0) is 0 Å². The zero-order chi connectivity index (χ0) is 17.4. The highest BCUT2D eigenvalue weighted by molar-refractivity contribution is 5.75. The van der Waals surface area contributed by atoms with E-state index in [1.165, 1.54) is 11.9 Å². The third-order valence-corrected chi connectivity index (χ3v) is 5.18. The molecule has 3 heterocycles. The highest BCUT2D eigenvalue weighted by atomic mass is 16.5. The van der Waals surface area contributed by atoms with Crippen LogP contribution in [0.4, 0.5) is 0 Å². The van der Waals surface area contributed by atoms with Crippen LogP contribution in [0.25, 0.3) is 11.0 Å². The van der Waals surface area contributed by atoms with Crippen LogP contribution in [0.15, 0.2) is 35.1 Å². The van der Waals surface area contributed by atoms with Gasteiger partial charge in [-0.3, -0.25) is 4.90 Å². The maximum atomic E-state index is 5.52. The maximum absolute atomic E-state index is 5.52. The molecule has 0 saturated carbocycles. The van der Waals surface area contributed by atoms with Crippen molar-refractivity contribution < 1.29 is 4.52 Å². The van der Waals surface area contributed by atoms with Gasteiger partial charge in [0.05, 0.1) is 23.4 Å². The van der Waals surface area contributed by atoms with Gasteiger partial charge in [0, 0.05) is 18.5 Å². The van der Waals surface area contributed by atoms with Crippen molar-refractivity contribution in [3.8, 4) is 0 Å². The lowest BCUT2D eigenvalue weighted by Gasteiger charge is -2.36. The molecule has 0 radical (unpaired) electrons. The monoisotopic (exact) mass is 339 g/mol. The highest BCUT2D eigenvalue weighted by Crippen LogP contribution is 2.30. The standard InChI is InChI=1S/C19H25N5O/c1-13(2)18-21-19(25-22-18)14(3)23-10-6-7-15(11-23)24-12-20-16-8-4-5-9-17(16)24/h4-5,8-9,12-15H,6-7,10-11H2,1-3H3/t14-,15+/m0/s1. The molecule has 132 valence electrons. The summed E-state index contributed by atoms with van der Waals surface area (Å²) in [6.45, 7) is 8.36. The van der Waals surface area contributed by atoms with Gasteiger partial charge in [0.15, 0.2) is 5.82 Å². The normalized spacial score (nSPS) is 20.4. The van der Waals surface area contributed by atoms with E-state index in [9.17, 15) is 0 Å². The first kappa shape index (κ1) is 16.3. The second-order valence-corrected chi connectivity index (χ2v) is 7.25. The Labute approximate surface area is 147 Å². The molecule has 2 atom stereocenters. The molecule has 0 amide bonds. The molecule has 6 heteroatoms. The van der Waals surface area contributed by atoms with E-state index in [1.807, 2.05) is 12.4 Å². The number of benzene rings is 1. The first-order valence-corrected chi connectivity index (χ1v) is 9.12. The average Bonchev–Trinajstić information content (AvgIpc) is 3.28. The van der Waals surface area contributed by atoms with E-state index in [-0.39, 0.29) is 12.0 Å². The van der Waals surface area contributed by atoms with Crippen LogP contribution in [0.5, 0.6) is 0 Å². The minimum Gasteiger partial charge on any atom is -0.338 e. The molecule has 3 aromatic rings. The number of hydrogen-bond donors (Lipinski definition) is 0. The fraction of sp³-hybridized carbons (Fsp3) is 0.526. The van der Waals surface area contributed by atoms with Gasteiger partial charge in [0.1, 0.15) is 0 Å². The summed E-state index contributed by atoms with van der Waals surface area (Å²) in [6.07, 6.45) is 4.31. The zero-order valence-corrected chi connectivity index (χ0v) is 15.1. The molecule has 1 fully saturated rings. The summed E-state index contributed by atoms with van der Waals surface area (Å²) in [7, 11) is 0. The van der Waals surface area contributed by atoms with E-state index < -0.39 is 0 Å². The molecule has 1 aliphatic heterocycles. The Kier molecular flexibility index (Phi) is 4.29. The van der Waals surface area contributed by atoms with Crippen LogP contribution >= 0.6 is 0 Å². The van der Waals surface area contributed by atoms with Crippen molar-refractivity contribution in [1.29, 1.82) is 0 Å². The van der Waals surface area contributed by atoms with Crippen LogP contribution in [0.1, 0.15) is 63.3 Å². The summed E-state index contributed by atoms with van der Waals surface area (Å²) in [4.78, 5) is 11.6. The molecule has 0 unspecified atom stereocenters. The topological polar surface area (TPSA) is 60.0 Å². The van der Waals surface area contributed by atoms with Crippen LogP contribution in [0, 0.1) is 0 Å². The van der Waals surface area contributed by atoms with E-state index in [0.29, 0.717) is 6.04 Å². The molecule has 1 saturated heterocycles. The number of fused-ring (bicyclic) bond motifs is 1. The molecule has 0 N–H and O–H groups in total. The Hall–Kier alpha value is -2.21. The number of likely N-dealkylation sites (tertiary alicyclic amines) is 1. The Morgan fingerprint density at radius 2 is 2.04 bits per heavy atom. The summed E-state index contributed by atoms with van der Waals surface area (Å²) >= 11 is 0. The lowest BCUT2D eigenvalue weighted by Crippen LogP contribution is -2.38. The molecule has 0 bridgehead atoms. The number of piperidine rings is 1. The van der Waals surface area contributed by atoms with Crippen LogP contribution in [0.2, 0.25) is 0 Å². The molecule has 25 heavy (non-hydrogen) atoms. The third-order valence-electron chi connectivity index (χ3n) is 5.18. The van der Waals surface area contributed by atoms with Gasteiger partial charge in [0.2, 0.25) is 5.89 Å². The molecule has 2 aromatic heterocycles. The second kappa shape index (κ2) is 6.59. The largest absolute Gasteiger partial charge is 0.338 e. The average molecular weight is 339 g/mol. The third kappa shape index (κ3) is 3.06. The Balaban J connectivity index is 1.54. The van der Waals surface area contributed by atoms with E-state index in [1.54, 1.807) is 0 Å². The molecule has 0 aliphatic carbocycles. The van der Waals surface area contributed by atoms with Crippen LogP contribution < -0.4 is 0 Å². The fourth-order valence-electron chi connectivity index (χ4n) is 3.64. The summed E-state index contributed by atoms with van der Waals surface area (Å²) in [5.74, 6) is 1.80. The number of para-hydroxylation sites is 2. The second-order valence-electron chi connectivity index (χ2n) is 7.25. The van der Waals surface area contributed by atoms with Gasteiger partial charge < -0.3 is 9.09 Å². The van der Waals surface area contributed by atoms with Crippen molar-refractivity contribution in [2.24, 2.45) is 0 Å². The van der Waals surface area contributed by atoms with Gasteiger partial charge in [-0.25, -0.2) is 4.98 Å². The molecule has 4 rings (SSSR count). The molecule has 1 aromatic carbocycles. The summed E-state index contributed by atoms with van der Waals surface area (Å²) in [6, 6.07) is 8.90. The van der Waals surface area contributed by atoms with Crippen molar-refractivity contribution >= 4 is 11.0 Å². The van der Waals surface area contributed by atoms with Crippen molar-refractivity contribution in [3.05, 3.63) is 42.3 Å². The van der Waals surface area contributed by atoms with E-state index >= 15 is 0 Å². The van der Waals surface area contributed by atoms with Crippen LogP contribution in [0.3, 0.4) is 0 Å². The lowest BCUT2D eigenvalue weighted by atomic mass is 10.0. The minimum absolute atomic E-state index is 0.137. The molecular formula is C19H25N5O. The van der Waals surface area contributed by atoms with Crippen molar-refractivity contribution in [2.45, 2.75) is 51.6 Å². The summed E-state index contributed by atoms with van der Waals surface area (Å²) < 4.78 is 7.84. The number of rotatable bonds is 4. The number of nitrogens with zero attached hydrogens (tertiary/aromatic N) is 5. The number of imidazole rings is 1. The molecule has 1 aliphatic rings. The van der Waals surface area contributed by atoms with E-state index in [2.05, 4.69) is 63.6 Å². The number of hydrogen-bond acceptors (Lipinski definition) is 5. The predicted octanol–water partition coefficient (Wildman–Crippen LogP) is 3.94. The molecular weight excluding hydrogens is 314 g/mol. The summed E-state index contributed by atoms with van der Waals surface area (Å²) in [5, 5.41) is 4.11. The predicted molar refractivity (Wildman–Crippen MR) is 96.4 cm³/mol. The summed E-state index contributed by atoms with van der Waals surface area (Å²) in [5.41, 5.74) is 2.27.